The van der Waals surface area contributed by atoms with Gasteiger partial charge < -0.3 is 20.4 Å². The molecule has 1 saturated heterocycles. The van der Waals surface area contributed by atoms with Crippen LogP contribution < -0.4 is 10.2 Å². The van der Waals surface area contributed by atoms with Crippen molar-refractivity contribution in [3.05, 3.63) is 29.3 Å². The second-order valence-electron chi connectivity index (χ2n) is 6.14. The van der Waals surface area contributed by atoms with Crippen LogP contribution in [-0.4, -0.2) is 67.0 Å². The van der Waals surface area contributed by atoms with E-state index in [4.69, 9.17) is 9.90 Å². The highest BCUT2D eigenvalue weighted by Crippen LogP contribution is 2.29. The third-order valence-corrected chi connectivity index (χ3v) is 4.14. The largest absolute Gasteiger partial charge is 0.490 e. The zero-order chi connectivity index (χ0) is 18.6. The number of aliphatic carboxylic acids is 1. The lowest BCUT2D eigenvalue weighted by Crippen LogP contribution is -2.43. The minimum absolute atomic E-state index is 0.346. The molecule has 6 nitrogen and oxygen atoms in total. The lowest BCUT2D eigenvalue weighted by molar-refractivity contribution is -0.192. The van der Waals surface area contributed by atoms with E-state index in [1.807, 2.05) is 0 Å². The molecule has 1 unspecified atom stereocenters. The van der Waals surface area contributed by atoms with Crippen LogP contribution in [0.5, 0.6) is 0 Å². The average Bonchev–Trinajstić information content (AvgIpc) is 2.55. The Morgan fingerprint density at radius 2 is 1.88 bits per heavy atom. The number of hydrogen-bond donors (Lipinski definition) is 3. The van der Waals surface area contributed by atoms with Gasteiger partial charge in [0.1, 0.15) is 0 Å². The maximum atomic E-state index is 10.6. The molecule has 2 aliphatic rings. The molecule has 0 bridgehead atoms. The lowest BCUT2D eigenvalue weighted by atomic mass is 9.96. The van der Waals surface area contributed by atoms with Gasteiger partial charge in [-0.15, -0.1) is 0 Å². The van der Waals surface area contributed by atoms with Gasteiger partial charge in [-0.2, -0.15) is 13.2 Å². The van der Waals surface area contributed by atoms with Crippen molar-refractivity contribution in [3.8, 4) is 0 Å². The van der Waals surface area contributed by atoms with Crippen molar-refractivity contribution < 1.29 is 28.2 Å². The van der Waals surface area contributed by atoms with Gasteiger partial charge in [0, 0.05) is 45.0 Å². The van der Waals surface area contributed by atoms with E-state index in [1.165, 1.54) is 11.3 Å². The van der Waals surface area contributed by atoms with Crippen LogP contribution >= 0.6 is 0 Å². The van der Waals surface area contributed by atoms with Gasteiger partial charge in [0.05, 0.1) is 6.10 Å². The van der Waals surface area contributed by atoms with E-state index in [0.29, 0.717) is 0 Å². The molecule has 0 aromatic heterocycles. The normalized spacial score (nSPS) is 21.2. The number of benzene rings is 1. The van der Waals surface area contributed by atoms with E-state index in [-0.39, 0.29) is 6.10 Å². The average molecular weight is 361 g/mol. The smallest absolute Gasteiger partial charge is 0.475 e. The molecule has 140 valence electrons. The first-order valence-corrected chi connectivity index (χ1v) is 7.93. The maximum Gasteiger partial charge on any atom is 0.490 e. The van der Waals surface area contributed by atoms with Crippen LogP contribution in [0.25, 0.3) is 0 Å². The Morgan fingerprint density at radius 1 is 1.28 bits per heavy atom. The molecule has 2 heterocycles. The molecule has 1 aromatic rings. The van der Waals surface area contributed by atoms with E-state index in [2.05, 4.69) is 40.4 Å². The summed E-state index contributed by atoms with van der Waals surface area (Å²) in [4.78, 5) is 13.5. The topological polar surface area (TPSA) is 76.0 Å². The number of alkyl halides is 3. The van der Waals surface area contributed by atoms with Gasteiger partial charge in [-0.05, 0) is 30.3 Å². The molecule has 1 aromatic carbocycles. The number of nitrogens with zero attached hydrogens (tertiary/aromatic N) is 2. The van der Waals surface area contributed by atoms with Crippen LogP contribution in [0.1, 0.15) is 17.2 Å². The molecule has 1 atom stereocenters. The van der Waals surface area contributed by atoms with E-state index in [0.717, 1.165) is 44.8 Å². The number of aliphatic hydroxyl groups is 1. The molecular weight excluding hydrogens is 339 g/mol. The number of carbonyl (C=O) groups is 1. The monoisotopic (exact) mass is 361 g/mol. The summed E-state index contributed by atoms with van der Waals surface area (Å²) in [6.07, 6.45) is -5.43. The zero-order valence-corrected chi connectivity index (χ0v) is 13.9. The van der Waals surface area contributed by atoms with Crippen molar-refractivity contribution in [2.24, 2.45) is 0 Å². The summed E-state index contributed by atoms with van der Waals surface area (Å²) in [5.74, 6) is -2.76. The van der Waals surface area contributed by atoms with Crippen LogP contribution in [0.3, 0.4) is 0 Å². The first-order chi connectivity index (χ1) is 11.7. The number of likely N-dealkylation sites (N-methyl/N-ethyl adjacent to an activating group) is 1. The van der Waals surface area contributed by atoms with Gasteiger partial charge in [0.15, 0.2) is 0 Å². The number of piperazine rings is 1. The zero-order valence-electron chi connectivity index (χ0n) is 13.9. The molecule has 0 saturated carbocycles. The summed E-state index contributed by atoms with van der Waals surface area (Å²) in [5.41, 5.74) is 3.62. The third kappa shape index (κ3) is 5.32. The molecule has 2 aliphatic heterocycles. The Hall–Kier alpha value is -1.84. The van der Waals surface area contributed by atoms with Gasteiger partial charge in [0.2, 0.25) is 0 Å². The Bertz CT molecular complexity index is 604. The van der Waals surface area contributed by atoms with Gasteiger partial charge in [-0.1, -0.05) is 6.07 Å². The summed E-state index contributed by atoms with van der Waals surface area (Å²) in [5, 5.41) is 20.7. The number of β-amino-alcohol motifs (C(OH)–C–C–N with tert-alkyl or cyclic N) is 1. The molecule has 0 radical (unpaired) electrons. The molecule has 0 spiro atoms. The predicted octanol–water partition coefficient (Wildman–Crippen LogP) is 1.21. The quantitative estimate of drug-likeness (QED) is 0.698. The second kappa shape index (κ2) is 8.03. The fourth-order valence-corrected chi connectivity index (χ4v) is 2.91. The van der Waals surface area contributed by atoms with E-state index >= 15 is 0 Å². The number of anilines is 1. The SMILES string of the molecule is CN1Cc2ccc(N3CCNCC3)cc2C(O)C1.O=C(O)C(F)(F)F. The van der Waals surface area contributed by atoms with Crippen LogP contribution in [0, 0.1) is 0 Å². The molecule has 25 heavy (non-hydrogen) atoms. The fourth-order valence-electron chi connectivity index (χ4n) is 2.91. The maximum absolute atomic E-state index is 10.6. The molecular formula is C16H22F3N3O3. The molecule has 0 amide bonds. The van der Waals surface area contributed by atoms with Crippen molar-refractivity contribution in [3.63, 3.8) is 0 Å². The van der Waals surface area contributed by atoms with Gasteiger partial charge in [0.25, 0.3) is 0 Å². The minimum atomic E-state index is -5.08. The number of halogens is 3. The van der Waals surface area contributed by atoms with Crippen molar-refractivity contribution in [1.29, 1.82) is 0 Å². The Morgan fingerprint density at radius 3 is 2.44 bits per heavy atom. The number of hydrogen-bond acceptors (Lipinski definition) is 5. The molecule has 3 rings (SSSR count). The number of rotatable bonds is 1. The summed E-state index contributed by atoms with van der Waals surface area (Å²) < 4.78 is 31.7. The van der Waals surface area contributed by atoms with Crippen molar-refractivity contribution in [1.82, 2.24) is 10.2 Å². The highest BCUT2D eigenvalue weighted by Gasteiger charge is 2.38. The second-order valence-corrected chi connectivity index (χ2v) is 6.14. The number of fused-ring (bicyclic) bond motifs is 1. The van der Waals surface area contributed by atoms with Crippen LogP contribution in [0.2, 0.25) is 0 Å². The highest BCUT2D eigenvalue weighted by molar-refractivity contribution is 5.73. The van der Waals surface area contributed by atoms with E-state index in [9.17, 15) is 18.3 Å². The van der Waals surface area contributed by atoms with E-state index < -0.39 is 12.1 Å². The Balaban J connectivity index is 0.000000277. The number of nitrogens with one attached hydrogen (secondary N) is 1. The van der Waals surface area contributed by atoms with Crippen molar-refractivity contribution in [2.45, 2.75) is 18.8 Å². The molecule has 1 fully saturated rings. The van der Waals surface area contributed by atoms with Crippen LogP contribution in [0.4, 0.5) is 18.9 Å². The number of aliphatic hydroxyl groups excluding tert-OH is 1. The minimum Gasteiger partial charge on any atom is -0.475 e. The molecule has 3 N–H and O–H groups in total. The Kier molecular flexibility index (Phi) is 6.26. The molecule has 0 aliphatic carbocycles. The summed E-state index contributed by atoms with van der Waals surface area (Å²) in [6.45, 7) is 5.86. The van der Waals surface area contributed by atoms with E-state index in [1.54, 1.807) is 0 Å². The summed E-state index contributed by atoms with van der Waals surface area (Å²) >= 11 is 0. The van der Waals surface area contributed by atoms with Crippen molar-refractivity contribution in [2.75, 3.05) is 44.7 Å². The van der Waals surface area contributed by atoms with Gasteiger partial charge in [-0.25, -0.2) is 4.79 Å². The lowest BCUT2D eigenvalue weighted by Gasteiger charge is -2.33. The standard InChI is InChI=1S/C14H21N3O.C2HF3O2/c1-16-9-11-2-3-12(8-13(11)14(18)10-16)17-6-4-15-5-7-17;3-2(4,5)1(6)7/h2-3,8,14-15,18H,4-7,9-10H2,1H3;(H,6,7). The van der Waals surface area contributed by atoms with Crippen molar-refractivity contribution >= 4 is 11.7 Å². The first kappa shape index (κ1) is 19.5. The predicted molar refractivity (Wildman–Crippen MR) is 86.5 cm³/mol. The first-order valence-electron chi connectivity index (χ1n) is 7.93. The Labute approximate surface area is 143 Å². The van der Waals surface area contributed by atoms with Gasteiger partial charge >= 0.3 is 12.1 Å². The van der Waals surface area contributed by atoms with Gasteiger partial charge in [-0.3, -0.25) is 4.90 Å². The fraction of sp³-hybridized carbons (Fsp3) is 0.562. The third-order valence-electron chi connectivity index (χ3n) is 4.14. The molecule has 9 heteroatoms. The summed E-state index contributed by atoms with van der Waals surface area (Å²) in [7, 11) is 2.05. The number of carboxylic acids is 1. The highest BCUT2D eigenvalue weighted by atomic mass is 19.4. The summed E-state index contributed by atoms with van der Waals surface area (Å²) in [6, 6.07) is 6.54. The van der Waals surface area contributed by atoms with Crippen LogP contribution in [-0.2, 0) is 11.3 Å². The van der Waals surface area contributed by atoms with Crippen LogP contribution in [0.15, 0.2) is 18.2 Å². The number of carboxylic acid groups (broad SMARTS) is 1.